The van der Waals surface area contributed by atoms with Gasteiger partial charge in [-0.1, -0.05) is 18.2 Å². The molecular formula is C18H22N4O4. The Morgan fingerprint density at radius 3 is 2.54 bits per heavy atom. The third-order valence-electron chi connectivity index (χ3n) is 3.86. The lowest BCUT2D eigenvalue weighted by atomic mass is 10.1. The van der Waals surface area contributed by atoms with Crippen LogP contribution in [0.1, 0.15) is 37.0 Å². The van der Waals surface area contributed by atoms with E-state index in [1.165, 1.54) is 30.9 Å². The summed E-state index contributed by atoms with van der Waals surface area (Å²) in [6, 6.07) is 8.85. The smallest absolute Gasteiger partial charge is 0.331 e. The first-order valence-electron chi connectivity index (χ1n) is 8.22. The molecule has 0 spiro atoms. The topological polar surface area (TPSA) is 113 Å². The number of rotatable bonds is 8. The summed E-state index contributed by atoms with van der Waals surface area (Å²) in [5.41, 5.74) is -0.201. The Labute approximate surface area is 151 Å². The largest absolute Gasteiger partial charge is 0.479 e. The number of carbonyl (C=O) groups is 3. The van der Waals surface area contributed by atoms with Crippen molar-refractivity contribution >= 4 is 23.5 Å². The molecule has 0 unspecified atom stereocenters. The number of carboxylic acid groups (broad SMARTS) is 1. The predicted molar refractivity (Wildman–Crippen MR) is 95.8 cm³/mol. The third-order valence-corrected chi connectivity index (χ3v) is 3.86. The molecule has 2 rings (SSSR count). The van der Waals surface area contributed by atoms with E-state index in [0.29, 0.717) is 24.2 Å². The molecule has 8 nitrogen and oxygen atoms in total. The van der Waals surface area contributed by atoms with Crippen molar-refractivity contribution in [1.29, 1.82) is 0 Å². The second kappa shape index (κ2) is 8.28. The number of benzene rings is 1. The van der Waals surface area contributed by atoms with Crippen LogP contribution in [0.2, 0.25) is 0 Å². The number of hydrogen-bond donors (Lipinski definition) is 3. The van der Waals surface area contributed by atoms with Crippen molar-refractivity contribution < 1.29 is 19.5 Å². The van der Waals surface area contributed by atoms with Gasteiger partial charge in [0.2, 0.25) is 5.91 Å². The highest BCUT2D eigenvalue weighted by molar-refractivity contribution is 5.94. The van der Waals surface area contributed by atoms with Crippen LogP contribution in [0.5, 0.6) is 0 Å². The number of nitrogens with zero attached hydrogens (tertiary/aromatic N) is 2. The van der Waals surface area contributed by atoms with Crippen molar-refractivity contribution in [3.8, 4) is 0 Å². The van der Waals surface area contributed by atoms with Crippen molar-refractivity contribution in [1.82, 2.24) is 15.1 Å². The zero-order valence-corrected chi connectivity index (χ0v) is 14.7. The number of aromatic nitrogens is 2. The van der Waals surface area contributed by atoms with Crippen molar-refractivity contribution in [3.63, 3.8) is 0 Å². The molecule has 1 heterocycles. The lowest BCUT2D eigenvalue weighted by Crippen LogP contribution is -2.35. The molecule has 0 bridgehead atoms. The van der Waals surface area contributed by atoms with Crippen LogP contribution < -0.4 is 10.6 Å². The molecule has 3 N–H and O–H groups in total. The highest BCUT2D eigenvalue weighted by atomic mass is 16.4. The van der Waals surface area contributed by atoms with Crippen molar-refractivity contribution in [3.05, 3.63) is 48.3 Å². The molecule has 1 aromatic heterocycles. The number of carbonyl (C=O) groups excluding carboxylic acids is 2. The number of hydrogen-bond acceptors (Lipinski definition) is 4. The van der Waals surface area contributed by atoms with Gasteiger partial charge in [-0.15, -0.1) is 0 Å². The summed E-state index contributed by atoms with van der Waals surface area (Å²) < 4.78 is 1.28. The van der Waals surface area contributed by atoms with Gasteiger partial charge in [0.15, 0.2) is 5.54 Å². The fourth-order valence-electron chi connectivity index (χ4n) is 2.16. The Morgan fingerprint density at radius 2 is 1.88 bits per heavy atom. The average Bonchev–Trinajstić information content (AvgIpc) is 3.08. The van der Waals surface area contributed by atoms with Gasteiger partial charge in [-0.25, -0.2) is 4.79 Å². The first-order chi connectivity index (χ1) is 12.3. The second-order valence-electron chi connectivity index (χ2n) is 6.31. The molecule has 2 aromatic rings. The fraction of sp³-hybridized carbons (Fsp3) is 0.333. The van der Waals surface area contributed by atoms with Gasteiger partial charge in [-0.3, -0.25) is 14.3 Å². The summed E-state index contributed by atoms with van der Waals surface area (Å²) in [6.07, 6.45) is 3.59. The Hall–Kier alpha value is -3.16. The minimum absolute atomic E-state index is 0.178. The van der Waals surface area contributed by atoms with E-state index < -0.39 is 11.5 Å². The van der Waals surface area contributed by atoms with Crippen LogP contribution in [0.4, 0.5) is 5.69 Å². The molecular weight excluding hydrogens is 336 g/mol. The van der Waals surface area contributed by atoms with Crippen LogP contribution in [-0.4, -0.2) is 39.2 Å². The van der Waals surface area contributed by atoms with E-state index in [-0.39, 0.29) is 18.2 Å². The zero-order valence-electron chi connectivity index (χ0n) is 14.7. The Balaban J connectivity index is 1.75. The van der Waals surface area contributed by atoms with Gasteiger partial charge in [0, 0.05) is 24.7 Å². The van der Waals surface area contributed by atoms with Gasteiger partial charge in [0.25, 0.3) is 5.91 Å². The molecule has 0 atom stereocenters. The number of anilines is 1. The molecule has 0 saturated heterocycles. The van der Waals surface area contributed by atoms with Crippen molar-refractivity contribution in [2.75, 3.05) is 11.9 Å². The summed E-state index contributed by atoms with van der Waals surface area (Å²) in [7, 11) is 0. The maximum atomic E-state index is 11.9. The van der Waals surface area contributed by atoms with Crippen LogP contribution in [0, 0.1) is 0 Å². The molecule has 26 heavy (non-hydrogen) atoms. The molecule has 8 heteroatoms. The summed E-state index contributed by atoms with van der Waals surface area (Å²) in [6.45, 7) is 3.42. The van der Waals surface area contributed by atoms with Crippen LogP contribution in [0.15, 0.2) is 42.7 Å². The molecule has 138 valence electrons. The molecule has 0 aliphatic carbocycles. The first-order valence-corrected chi connectivity index (χ1v) is 8.22. The molecule has 0 aliphatic rings. The van der Waals surface area contributed by atoms with E-state index in [0.717, 1.165) is 0 Å². The summed E-state index contributed by atoms with van der Waals surface area (Å²) >= 11 is 0. The molecule has 1 aromatic carbocycles. The lowest BCUT2D eigenvalue weighted by molar-refractivity contribution is -0.146. The van der Waals surface area contributed by atoms with Crippen molar-refractivity contribution in [2.45, 2.75) is 32.2 Å². The summed E-state index contributed by atoms with van der Waals surface area (Å²) in [4.78, 5) is 35.0. The van der Waals surface area contributed by atoms with Gasteiger partial charge >= 0.3 is 5.97 Å². The van der Waals surface area contributed by atoms with Crippen molar-refractivity contribution in [2.24, 2.45) is 0 Å². The van der Waals surface area contributed by atoms with Gasteiger partial charge in [-0.05, 0) is 32.4 Å². The molecule has 0 saturated carbocycles. The van der Waals surface area contributed by atoms with E-state index in [9.17, 15) is 19.5 Å². The van der Waals surface area contributed by atoms with Gasteiger partial charge < -0.3 is 15.7 Å². The Morgan fingerprint density at radius 1 is 1.19 bits per heavy atom. The normalized spacial score (nSPS) is 11.0. The summed E-state index contributed by atoms with van der Waals surface area (Å²) in [5, 5.41) is 18.6. The molecule has 2 amide bonds. The maximum Gasteiger partial charge on any atom is 0.331 e. The minimum Gasteiger partial charge on any atom is -0.479 e. The third kappa shape index (κ3) is 4.92. The quantitative estimate of drug-likeness (QED) is 0.623. The molecule has 0 fully saturated rings. The predicted octanol–water partition coefficient (Wildman–Crippen LogP) is 1.85. The van der Waals surface area contributed by atoms with Crippen LogP contribution in [-0.2, 0) is 15.1 Å². The fourth-order valence-corrected chi connectivity index (χ4v) is 2.16. The first kappa shape index (κ1) is 19.2. The van der Waals surface area contributed by atoms with E-state index in [2.05, 4.69) is 15.7 Å². The highest BCUT2D eigenvalue weighted by Crippen LogP contribution is 2.17. The van der Waals surface area contributed by atoms with Crippen LogP contribution in [0.25, 0.3) is 0 Å². The van der Waals surface area contributed by atoms with E-state index in [1.807, 2.05) is 6.07 Å². The van der Waals surface area contributed by atoms with Gasteiger partial charge in [0.1, 0.15) is 0 Å². The van der Waals surface area contributed by atoms with Crippen LogP contribution >= 0.6 is 0 Å². The maximum absolute atomic E-state index is 11.9. The average molecular weight is 358 g/mol. The number of aliphatic carboxylic acids is 1. The van der Waals surface area contributed by atoms with E-state index >= 15 is 0 Å². The van der Waals surface area contributed by atoms with E-state index in [1.54, 1.807) is 24.3 Å². The Bertz CT molecular complexity index is 783. The zero-order chi connectivity index (χ0) is 19.2. The standard InChI is InChI=1S/C18H22N4O4/c1-18(2,17(25)26)22-12-14(11-20-22)21-15(23)9-6-10-19-16(24)13-7-4-3-5-8-13/h3-5,7-8,11-12H,6,9-10H2,1-2H3,(H,19,24)(H,21,23)(H,25,26). The Kier molecular flexibility index (Phi) is 6.11. The van der Waals surface area contributed by atoms with Crippen LogP contribution in [0.3, 0.4) is 0 Å². The van der Waals surface area contributed by atoms with Gasteiger partial charge in [-0.2, -0.15) is 5.10 Å². The second-order valence-corrected chi connectivity index (χ2v) is 6.31. The minimum atomic E-state index is -1.20. The molecule has 0 aliphatic heterocycles. The molecule has 0 radical (unpaired) electrons. The lowest BCUT2D eigenvalue weighted by Gasteiger charge is -2.19. The monoisotopic (exact) mass is 358 g/mol. The number of carboxylic acids is 1. The number of amides is 2. The summed E-state index contributed by atoms with van der Waals surface area (Å²) in [5.74, 6) is -1.43. The van der Waals surface area contributed by atoms with Gasteiger partial charge in [0.05, 0.1) is 11.9 Å². The highest BCUT2D eigenvalue weighted by Gasteiger charge is 2.30. The SMILES string of the molecule is CC(C)(C(=O)O)n1cc(NC(=O)CCCNC(=O)c2ccccc2)cn1. The number of nitrogens with one attached hydrogen (secondary N) is 2. The van der Waals surface area contributed by atoms with E-state index in [4.69, 9.17) is 0 Å².